The zero-order valence-electron chi connectivity index (χ0n) is 21.2. The van der Waals surface area contributed by atoms with E-state index < -0.39 is 61.2 Å². The molecule has 0 aliphatic carbocycles. The number of aliphatic hydroxyl groups is 1. The Hall–Kier alpha value is -3.49. The van der Waals surface area contributed by atoms with Crippen LogP contribution in [0.3, 0.4) is 0 Å². The van der Waals surface area contributed by atoms with Gasteiger partial charge in [0.05, 0.1) is 20.8 Å². The molecular weight excluding hydrogens is 600 g/mol. The van der Waals surface area contributed by atoms with Crippen molar-refractivity contribution in [2.75, 3.05) is 20.8 Å². The highest BCUT2D eigenvalue weighted by Gasteiger charge is 2.62. The smallest absolute Gasteiger partial charge is 0.497 e. The van der Waals surface area contributed by atoms with E-state index in [-0.39, 0.29) is 11.5 Å². The number of rotatable bonds is 11. The molecule has 12 nitrogen and oxygen atoms in total. The van der Waals surface area contributed by atoms with E-state index in [9.17, 15) is 28.0 Å². The average molecular weight is 623 g/mol. The highest BCUT2D eigenvalue weighted by Crippen LogP contribution is 2.52. The predicted molar refractivity (Wildman–Crippen MR) is 137 cm³/mol. The SMILES string of the molecule is COc1ccc(OP(=O)(OC[C@]2(C(F)F)O[C@H](n3cc(Cl)c(=O)[nH]c3=O)C(F)C2O)Oc2ccc(OC)cc2)cc1. The van der Waals surface area contributed by atoms with Gasteiger partial charge in [0.2, 0.25) is 0 Å². The fourth-order valence-electron chi connectivity index (χ4n) is 3.79. The molecule has 2 N–H and O–H groups in total. The fraction of sp³-hybridized carbons (Fsp3) is 0.333. The van der Waals surface area contributed by atoms with Crippen LogP contribution in [-0.4, -0.2) is 59.8 Å². The van der Waals surface area contributed by atoms with Gasteiger partial charge in [-0.25, -0.2) is 22.5 Å². The number of methoxy groups -OCH3 is 2. The molecule has 1 aliphatic heterocycles. The first-order valence-electron chi connectivity index (χ1n) is 11.6. The van der Waals surface area contributed by atoms with Crippen molar-refractivity contribution >= 4 is 19.4 Å². The maximum Gasteiger partial charge on any atom is 0.587 e. The van der Waals surface area contributed by atoms with E-state index in [0.717, 1.165) is 0 Å². The van der Waals surface area contributed by atoms with Gasteiger partial charge in [-0.1, -0.05) is 11.6 Å². The van der Waals surface area contributed by atoms with E-state index in [1.54, 1.807) is 4.98 Å². The van der Waals surface area contributed by atoms with Gasteiger partial charge in [-0.2, -0.15) is 0 Å². The fourth-order valence-corrected chi connectivity index (χ4v) is 5.21. The molecule has 222 valence electrons. The Morgan fingerprint density at radius 1 is 1.02 bits per heavy atom. The quantitative estimate of drug-likeness (QED) is 0.303. The first-order chi connectivity index (χ1) is 19.4. The Balaban J connectivity index is 1.65. The average Bonchev–Trinajstić information content (AvgIpc) is 3.21. The highest BCUT2D eigenvalue weighted by atomic mass is 35.5. The summed E-state index contributed by atoms with van der Waals surface area (Å²) in [5.41, 5.74) is -5.44. The van der Waals surface area contributed by atoms with E-state index >= 15 is 4.39 Å². The molecule has 1 aliphatic rings. The van der Waals surface area contributed by atoms with E-state index in [2.05, 4.69) is 0 Å². The van der Waals surface area contributed by atoms with Gasteiger partial charge in [0.1, 0.15) is 34.1 Å². The Kier molecular flexibility index (Phi) is 9.04. The molecule has 41 heavy (non-hydrogen) atoms. The van der Waals surface area contributed by atoms with Crippen LogP contribution in [0.4, 0.5) is 13.2 Å². The lowest BCUT2D eigenvalue weighted by Gasteiger charge is -2.31. The molecule has 17 heteroatoms. The largest absolute Gasteiger partial charge is 0.587 e. The summed E-state index contributed by atoms with van der Waals surface area (Å²) in [4.78, 5) is 25.6. The normalized spacial score (nSPS) is 22.5. The third-order valence-electron chi connectivity index (χ3n) is 5.98. The van der Waals surface area contributed by atoms with Gasteiger partial charge in [0, 0.05) is 6.20 Å². The number of phosphoric ester groups is 1. The van der Waals surface area contributed by atoms with Gasteiger partial charge in [-0.15, -0.1) is 0 Å². The summed E-state index contributed by atoms with van der Waals surface area (Å²) in [6.07, 6.45) is -10.4. The topological polar surface area (TPSA) is 148 Å². The molecular formula is C24H23ClF3N2O10P. The number of hydrogen-bond acceptors (Lipinski definition) is 10. The van der Waals surface area contributed by atoms with E-state index in [4.69, 9.17) is 39.4 Å². The molecule has 0 bridgehead atoms. The third kappa shape index (κ3) is 6.39. The van der Waals surface area contributed by atoms with Crippen molar-refractivity contribution in [3.8, 4) is 23.0 Å². The second kappa shape index (κ2) is 12.2. The molecule has 2 heterocycles. The van der Waals surface area contributed by atoms with Gasteiger partial charge in [-0.3, -0.25) is 18.9 Å². The van der Waals surface area contributed by atoms with Gasteiger partial charge in [-0.05, 0) is 48.5 Å². The monoisotopic (exact) mass is 622 g/mol. The minimum Gasteiger partial charge on any atom is -0.497 e. The minimum absolute atomic E-state index is 0.0858. The summed E-state index contributed by atoms with van der Waals surface area (Å²) in [5, 5.41) is 9.96. The number of aromatic amines is 1. The number of hydrogen-bond donors (Lipinski definition) is 2. The standard InChI is InChI=1S/C24H23ClF3N2O10P/c1-35-13-3-7-15(8-4-13)39-41(34,40-16-9-5-14(36-2)6-10-16)37-12-24(22(27)28)19(31)18(26)21(38-24)30-11-17(25)20(32)29-23(30)33/h3-11,18-19,21-22,31H,12H2,1-2H3,(H,29,32,33)/t18?,19?,21-,24-/m0/s1. The van der Waals surface area contributed by atoms with Gasteiger partial charge in [0.15, 0.2) is 18.0 Å². The van der Waals surface area contributed by atoms with Crippen LogP contribution in [0.25, 0.3) is 0 Å². The Morgan fingerprint density at radius 3 is 1.98 bits per heavy atom. The lowest BCUT2D eigenvalue weighted by atomic mass is 9.97. The molecule has 1 aromatic heterocycles. The molecule has 3 aromatic rings. The van der Waals surface area contributed by atoms with E-state index in [1.165, 1.54) is 62.8 Å². The number of halogens is 4. The number of alkyl halides is 3. The number of aromatic nitrogens is 2. The number of ether oxygens (including phenoxy) is 3. The van der Waals surface area contributed by atoms with Crippen LogP contribution in [0.1, 0.15) is 6.23 Å². The predicted octanol–water partition coefficient (Wildman–Crippen LogP) is 3.72. The molecule has 1 fully saturated rings. The number of nitrogens with one attached hydrogen (secondary N) is 1. The lowest BCUT2D eigenvalue weighted by molar-refractivity contribution is -0.193. The van der Waals surface area contributed by atoms with Crippen LogP contribution >= 0.6 is 19.4 Å². The third-order valence-corrected chi connectivity index (χ3v) is 7.57. The number of phosphoric acid groups is 1. The second-order valence-electron chi connectivity index (χ2n) is 8.55. The second-order valence-corrected chi connectivity index (χ2v) is 10.5. The van der Waals surface area contributed by atoms with Crippen molar-refractivity contribution in [1.29, 1.82) is 0 Å². The van der Waals surface area contributed by atoms with Gasteiger partial charge >= 0.3 is 13.5 Å². The number of H-pyrrole nitrogens is 1. The van der Waals surface area contributed by atoms with E-state index in [0.29, 0.717) is 22.3 Å². The summed E-state index contributed by atoms with van der Waals surface area (Å²) >= 11 is 5.69. The molecule has 0 radical (unpaired) electrons. The molecule has 4 atom stereocenters. The van der Waals surface area contributed by atoms with Crippen LogP contribution in [0, 0.1) is 0 Å². The van der Waals surface area contributed by atoms with Crippen LogP contribution in [0.5, 0.6) is 23.0 Å². The molecule has 1 saturated heterocycles. The number of aliphatic hydroxyl groups excluding tert-OH is 1. The number of nitrogens with zero attached hydrogens (tertiary/aromatic N) is 1. The Labute approximate surface area is 234 Å². The minimum atomic E-state index is -4.87. The van der Waals surface area contributed by atoms with Crippen LogP contribution < -0.4 is 29.8 Å². The number of benzene rings is 2. The molecule has 0 amide bonds. The Bertz CT molecular complexity index is 1470. The van der Waals surface area contributed by atoms with Crippen molar-refractivity contribution in [2.45, 2.75) is 30.5 Å². The Morgan fingerprint density at radius 2 is 1.51 bits per heavy atom. The van der Waals surface area contributed by atoms with Gasteiger partial charge < -0.3 is 28.4 Å². The van der Waals surface area contributed by atoms with Crippen LogP contribution in [-0.2, 0) is 13.8 Å². The van der Waals surface area contributed by atoms with Gasteiger partial charge in [0.25, 0.3) is 12.0 Å². The first-order valence-corrected chi connectivity index (χ1v) is 13.5. The maximum atomic E-state index is 15.2. The van der Waals surface area contributed by atoms with E-state index in [1.807, 2.05) is 0 Å². The van der Waals surface area contributed by atoms with Crippen molar-refractivity contribution in [1.82, 2.24) is 9.55 Å². The van der Waals surface area contributed by atoms with Crippen LogP contribution in [0.2, 0.25) is 5.02 Å². The zero-order chi connectivity index (χ0) is 29.9. The highest BCUT2D eigenvalue weighted by molar-refractivity contribution is 7.49. The summed E-state index contributed by atoms with van der Waals surface area (Å²) < 4.78 is 89.5. The molecule has 4 rings (SSSR count). The van der Waals surface area contributed by atoms with Crippen molar-refractivity contribution < 1.29 is 50.6 Å². The summed E-state index contributed by atoms with van der Waals surface area (Å²) in [6.45, 7) is -1.43. The van der Waals surface area contributed by atoms with Crippen molar-refractivity contribution in [2.24, 2.45) is 0 Å². The summed E-state index contributed by atoms with van der Waals surface area (Å²) in [7, 11) is -2.05. The first kappa shape index (κ1) is 30.5. The molecule has 2 unspecified atom stereocenters. The van der Waals surface area contributed by atoms with Crippen molar-refractivity contribution in [3.63, 3.8) is 0 Å². The molecule has 0 spiro atoms. The molecule has 2 aromatic carbocycles. The summed E-state index contributed by atoms with van der Waals surface area (Å²) in [6, 6.07) is 11.1. The van der Waals surface area contributed by atoms with Crippen LogP contribution in [0.15, 0.2) is 64.3 Å². The van der Waals surface area contributed by atoms with Crippen molar-refractivity contribution in [3.05, 3.63) is 80.6 Å². The molecule has 0 saturated carbocycles. The summed E-state index contributed by atoms with van der Waals surface area (Å²) in [5.74, 6) is 0.663. The zero-order valence-corrected chi connectivity index (χ0v) is 22.9. The lowest BCUT2D eigenvalue weighted by Crippen LogP contribution is -2.52. The maximum absolute atomic E-state index is 15.2.